The molecule has 0 bridgehead atoms. The first-order valence-corrected chi connectivity index (χ1v) is 9.44. The number of thiazole rings is 1. The van der Waals surface area contributed by atoms with E-state index in [-0.39, 0.29) is 17.9 Å². The van der Waals surface area contributed by atoms with Crippen LogP contribution in [-0.2, 0) is 0 Å². The third kappa shape index (κ3) is 3.77. The lowest BCUT2D eigenvalue weighted by atomic mass is 9.86. The number of aromatic nitrogens is 1. The van der Waals surface area contributed by atoms with E-state index in [0.717, 1.165) is 18.2 Å². The Kier molecular flexibility index (Phi) is 5.00. The molecule has 2 N–H and O–H groups in total. The van der Waals surface area contributed by atoms with E-state index in [1.807, 2.05) is 0 Å². The van der Waals surface area contributed by atoms with Gasteiger partial charge in [-0.1, -0.05) is 6.07 Å². The number of nitrogens with one attached hydrogen (secondary N) is 2. The van der Waals surface area contributed by atoms with E-state index in [2.05, 4.69) is 15.6 Å². The normalized spacial score (nSPS) is 19.8. The van der Waals surface area contributed by atoms with Crippen molar-refractivity contribution in [2.75, 3.05) is 13.1 Å². The van der Waals surface area contributed by atoms with Gasteiger partial charge in [0.15, 0.2) is 11.6 Å². The smallest absolute Gasteiger partial charge is 0.271 e. The first-order chi connectivity index (χ1) is 13.1. The van der Waals surface area contributed by atoms with Crippen LogP contribution in [0.5, 0.6) is 0 Å². The highest BCUT2D eigenvalue weighted by Crippen LogP contribution is 2.28. The lowest BCUT2D eigenvalue weighted by Crippen LogP contribution is -2.50. The molecule has 1 aliphatic rings. The molecule has 0 aliphatic carbocycles. The summed E-state index contributed by atoms with van der Waals surface area (Å²) in [7, 11) is 0. The lowest BCUT2D eigenvalue weighted by molar-refractivity contribution is 0.0920. The van der Waals surface area contributed by atoms with Crippen molar-refractivity contribution >= 4 is 17.2 Å². The molecule has 2 aromatic heterocycles. The summed E-state index contributed by atoms with van der Waals surface area (Å²) >= 11 is 1.36. The summed E-state index contributed by atoms with van der Waals surface area (Å²) < 4.78 is 31.9. The Bertz CT molecular complexity index is 942. The molecule has 1 aromatic carbocycles. The molecule has 1 fully saturated rings. The van der Waals surface area contributed by atoms with E-state index in [0.29, 0.717) is 29.2 Å². The van der Waals surface area contributed by atoms with E-state index < -0.39 is 11.6 Å². The maximum absolute atomic E-state index is 13.6. The first-order valence-electron chi connectivity index (χ1n) is 8.56. The van der Waals surface area contributed by atoms with Gasteiger partial charge in [0.25, 0.3) is 5.91 Å². The fourth-order valence-electron chi connectivity index (χ4n) is 3.29. The van der Waals surface area contributed by atoms with E-state index >= 15 is 0 Å². The van der Waals surface area contributed by atoms with Crippen molar-refractivity contribution in [3.8, 4) is 10.6 Å². The van der Waals surface area contributed by atoms with Gasteiger partial charge in [-0.05, 0) is 36.7 Å². The minimum atomic E-state index is -0.875. The number of benzene rings is 1. The monoisotopic (exact) mass is 389 g/mol. The molecule has 140 valence electrons. The van der Waals surface area contributed by atoms with Gasteiger partial charge in [0.1, 0.15) is 17.0 Å². The van der Waals surface area contributed by atoms with Gasteiger partial charge < -0.3 is 15.1 Å². The molecule has 8 heteroatoms. The predicted octanol–water partition coefficient (Wildman–Crippen LogP) is 3.56. The highest BCUT2D eigenvalue weighted by molar-refractivity contribution is 7.13. The van der Waals surface area contributed by atoms with E-state index in [1.165, 1.54) is 17.4 Å². The minimum Gasteiger partial charge on any atom is -0.472 e. The molecule has 1 amide bonds. The Labute approximate surface area is 158 Å². The van der Waals surface area contributed by atoms with Gasteiger partial charge in [-0.2, -0.15) is 0 Å². The van der Waals surface area contributed by atoms with Gasteiger partial charge >= 0.3 is 0 Å². The molecular formula is C19H17F2N3O2S. The largest absolute Gasteiger partial charge is 0.472 e. The maximum Gasteiger partial charge on any atom is 0.271 e. The van der Waals surface area contributed by atoms with Gasteiger partial charge in [0, 0.05) is 29.4 Å². The topological polar surface area (TPSA) is 67.2 Å². The zero-order chi connectivity index (χ0) is 18.8. The van der Waals surface area contributed by atoms with Crippen molar-refractivity contribution in [3.63, 3.8) is 0 Å². The summed E-state index contributed by atoms with van der Waals surface area (Å²) in [4.78, 5) is 17.0. The van der Waals surface area contributed by atoms with Crippen LogP contribution in [0, 0.1) is 11.6 Å². The highest BCUT2D eigenvalue weighted by atomic mass is 32.1. The van der Waals surface area contributed by atoms with E-state index in [1.54, 1.807) is 30.0 Å². The van der Waals surface area contributed by atoms with Crippen LogP contribution in [-0.4, -0.2) is 30.0 Å². The second-order valence-corrected chi connectivity index (χ2v) is 7.26. The SMILES string of the molecule is O=C(NC1CNCCC1c1ccc(F)c(F)c1)c1csc(-c2ccoc2)n1. The number of amides is 1. The van der Waals surface area contributed by atoms with Crippen molar-refractivity contribution in [1.29, 1.82) is 0 Å². The summed E-state index contributed by atoms with van der Waals surface area (Å²) in [5.41, 5.74) is 1.82. The molecule has 4 rings (SSSR count). The number of halogens is 2. The number of rotatable bonds is 4. The molecule has 0 spiro atoms. The number of piperidine rings is 1. The van der Waals surface area contributed by atoms with E-state index in [4.69, 9.17) is 4.42 Å². The lowest BCUT2D eigenvalue weighted by Gasteiger charge is -2.33. The average molecular weight is 389 g/mol. The number of carbonyl (C=O) groups excluding carboxylic acids is 1. The summed E-state index contributed by atoms with van der Waals surface area (Å²) in [5.74, 6) is -2.14. The van der Waals surface area contributed by atoms with Crippen molar-refractivity contribution in [2.45, 2.75) is 18.4 Å². The third-order valence-corrected chi connectivity index (χ3v) is 5.57. The maximum atomic E-state index is 13.6. The Morgan fingerprint density at radius 3 is 2.96 bits per heavy atom. The Balaban J connectivity index is 1.51. The fourth-order valence-corrected chi connectivity index (χ4v) is 4.08. The summed E-state index contributed by atoms with van der Waals surface area (Å²) in [5, 5.41) is 8.61. The van der Waals surface area contributed by atoms with Gasteiger partial charge in [0.05, 0.1) is 6.26 Å². The van der Waals surface area contributed by atoms with Gasteiger partial charge in [-0.15, -0.1) is 11.3 Å². The predicted molar refractivity (Wildman–Crippen MR) is 97.7 cm³/mol. The van der Waals surface area contributed by atoms with Gasteiger partial charge in [-0.3, -0.25) is 4.79 Å². The summed E-state index contributed by atoms with van der Waals surface area (Å²) in [6.45, 7) is 1.30. The Morgan fingerprint density at radius 2 is 2.19 bits per heavy atom. The molecule has 0 radical (unpaired) electrons. The fraction of sp³-hybridized carbons (Fsp3) is 0.263. The summed E-state index contributed by atoms with van der Waals surface area (Å²) in [6.07, 6.45) is 3.84. The van der Waals surface area contributed by atoms with Crippen LogP contribution in [0.15, 0.2) is 46.6 Å². The molecule has 5 nitrogen and oxygen atoms in total. The number of hydrogen-bond donors (Lipinski definition) is 2. The first kappa shape index (κ1) is 17.8. The van der Waals surface area contributed by atoms with Crippen LogP contribution in [0.4, 0.5) is 8.78 Å². The van der Waals surface area contributed by atoms with Crippen molar-refractivity contribution in [1.82, 2.24) is 15.6 Å². The molecule has 3 aromatic rings. The number of nitrogens with zero attached hydrogens (tertiary/aromatic N) is 1. The molecule has 0 saturated carbocycles. The van der Waals surface area contributed by atoms with Crippen LogP contribution < -0.4 is 10.6 Å². The standard InChI is InChI=1S/C19H17F2N3O2S/c20-14-2-1-11(7-15(14)21)13-3-5-22-8-16(13)23-18(25)17-10-27-19(24-17)12-4-6-26-9-12/h1-2,4,6-7,9-10,13,16,22H,3,5,8H2,(H,23,25). The third-order valence-electron chi connectivity index (χ3n) is 4.68. The molecular weight excluding hydrogens is 372 g/mol. The van der Waals surface area contributed by atoms with Crippen molar-refractivity contribution < 1.29 is 18.0 Å². The molecule has 27 heavy (non-hydrogen) atoms. The Morgan fingerprint density at radius 1 is 1.30 bits per heavy atom. The van der Waals surface area contributed by atoms with Crippen LogP contribution in [0.3, 0.4) is 0 Å². The van der Waals surface area contributed by atoms with E-state index in [9.17, 15) is 13.6 Å². The van der Waals surface area contributed by atoms with Gasteiger partial charge in [0.2, 0.25) is 0 Å². The second kappa shape index (κ2) is 7.58. The average Bonchev–Trinajstić information content (AvgIpc) is 3.36. The molecule has 3 heterocycles. The molecule has 1 saturated heterocycles. The highest BCUT2D eigenvalue weighted by Gasteiger charge is 2.29. The quantitative estimate of drug-likeness (QED) is 0.716. The number of carbonyl (C=O) groups is 1. The van der Waals surface area contributed by atoms with Crippen LogP contribution in [0.2, 0.25) is 0 Å². The Hall–Kier alpha value is -2.58. The summed E-state index contributed by atoms with van der Waals surface area (Å²) in [6, 6.07) is 5.46. The van der Waals surface area contributed by atoms with Crippen molar-refractivity contribution in [2.24, 2.45) is 0 Å². The second-order valence-electron chi connectivity index (χ2n) is 6.40. The van der Waals surface area contributed by atoms with Gasteiger partial charge in [-0.25, -0.2) is 13.8 Å². The zero-order valence-electron chi connectivity index (χ0n) is 14.2. The molecule has 2 unspecified atom stereocenters. The minimum absolute atomic E-state index is 0.0997. The van der Waals surface area contributed by atoms with Crippen LogP contribution in [0.1, 0.15) is 28.4 Å². The number of furan rings is 1. The molecule has 1 aliphatic heterocycles. The van der Waals surface area contributed by atoms with Crippen LogP contribution in [0.25, 0.3) is 10.6 Å². The van der Waals surface area contributed by atoms with Crippen molar-refractivity contribution in [3.05, 3.63) is 65.1 Å². The van der Waals surface area contributed by atoms with Crippen LogP contribution >= 0.6 is 11.3 Å². The number of hydrogen-bond acceptors (Lipinski definition) is 5. The molecule has 2 atom stereocenters. The zero-order valence-corrected chi connectivity index (χ0v) is 15.1.